The Morgan fingerprint density at radius 3 is 2.82 bits per heavy atom. The molecule has 1 fully saturated rings. The van der Waals surface area contributed by atoms with Crippen molar-refractivity contribution >= 4 is 5.91 Å². The molecule has 4 nitrogen and oxygen atoms in total. The molecule has 4 N–H and O–H groups in total. The summed E-state index contributed by atoms with van der Waals surface area (Å²) in [6.45, 7) is 1.95. The van der Waals surface area contributed by atoms with Crippen molar-refractivity contribution in [2.24, 2.45) is 5.73 Å². The zero-order chi connectivity index (χ0) is 12.7. The molecule has 1 amide bonds. The van der Waals surface area contributed by atoms with Crippen LogP contribution in [0.25, 0.3) is 0 Å². The molecule has 0 radical (unpaired) electrons. The van der Waals surface area contributed by atoms with Crippen molar-refractivity contribution in [3.05, 3.63) is 0 Å². The Kier molecular flexibility index (Phi) is 6.52. The topological polar surface area (TPSA) is 75.4 Å². The maximum atomic E-state index is 11.7. The van der Waals surface area contributed by atoms with Crippen LogP contribution >= 0.6 is 0 Å². The number of aliphatic hydroxyl groups is 1. The van der Waals surface area contributed by atoms with Gasteiger partial charge in [-0.05, 0) is 32.6 Å². The molecular weight excluding hydrogens is 216 g/mol. The van der Waals surface area contributed by atoms with Crippen LogP contribution < -0.4 is 11.1 Å². The van der Waals surface area contributed by atoms with E-state index in [4.69, 9.17) is 5.73 Å². The molecule has 3 unspecified atom stereocenters. The Labute approximate surface area is 104 Å². The third-order valence-corrected chi connectivity index (χ3v) is 3.39. The minimum atomic E-state index is -0.366. The number of hydrogen-bond donors (Lipinski definition) is 3. The van der Waals surface area contributed by atoms with Crippen molar-refractivity contribution in [3.63, 3.8) is 0 Å². The summed E-state index contributed by atoms with van der Waals surface area (Å²) in [5.74, 6) is 0.0524. The number of nitrogens with two attached hydrogens (primary N) is 1. The number of rotatable bonds is 5. The van der Waals surface area contributed by atoms with E-state index < -0.39 is 0 Å². The van der Waals surface area contributed by atoms with Crippen LogP contribution in [0.5, 0.6) is 0 Å². The number of nitrogens with one attached hydrogen (secondary N) is 1. The fraction of sp³-hybridized carbons (Fsp3) is 0.923. The zero-order valence-corrected chi connectivity index (χ0v) is 10.8. The van der Waals surface area contributed by atoms with Gasteiger partial charge in [0, 0.05) is 12.5 Å². The van der Waals surface area contributed by atoms with E-state index in [1.807, 2.05) is 6.92 Å². The SMILES string of the molecule is CC(N)CCCC(=O)NC1CCCCCC1O. The predicted molar refractivity (Wildman–Crippen MR) is 68.5 cm³/mol. The number of amides is 1. The van der Waals surface area contributed by atoms with Gasteiger partial charge in [-0.25, -0.2) is 0 Å². The van der Waals surface area contributed by atoms with Crippen LogP contribution in [0, 0.1) is 0 Å². The third kappa shape index (κ3) is 6.03. The van der Waals surface area contributed by atoms with Gasteiger partial charge in [-0.2, -0.15) is 0 Å². The molecule has 1 aliphatic carbocycles. The summed E-state index contributed by atoms with van der Waals surface area (Å²) in [6.07, 6.45) is 6.89. The second-order valence-corrected chi connectivity index (χ2v) is 5.25. The maximum absolute atomic E-state index is 11.7. The quantitative estimate of drug-likeness (QED) is 0.636. The van der Waals surface area contributed by atoms with E-state index >= 15 is 0 Å². The van der Waals surface area contributed by atoms with E-state index in [9.17, 15) is 9.90 Å². The van der Waals surface area contributed by atoms with E-state index in [0.717, 1.165) is 44.9 Å². The molecule has 0 bridgehead atoms. The van der Waals surface area contributed by atoms with Gasteiger partial charge in [-0.1, -0.05) is 19.3 Å². The van der Waals surface area contributed by atoms with E-state index in [-0.39, 0.29) is 24.1 Å². The summed E-state index contributed by atoms with van der Waals surface area (Å²) in [5.41, 5.74) is 5.63. The highest BCUT2D eigenvalue weighted by molar-refractivity contribution is 5.76. The van der Waals surface area contributed by atoms with Gasteiger partial charge in [0.25, 0.3) is 0 Å². The molecular formula is C13H26N2O2. The first-order valence-electron chi connectivity index (χ1n) is 6.82. The molecule has 0 aromatic carbocycles. The Bertz CT molecular complexity index is 231. The van der Waals surface area contributed by atoms with Crippen LogP contribution in [0.4, 0.5) is 0 Å². The zero-order valence-electron chi connectivity index (χ0n) is 10.8. The maximum Gasteiger partial charge on any atom is 0.220 e. The van der Waals surface area contributed by atoms with Gasteiger partial charge in [-0.3, -0.25) is 4.79 Å². The molecule has 4 heteroatoms. The molecule has 1 saturated carbocycles. The van der Waals surface area contributed by atoms with E-state index in [1.54, 1.807) is 0 Å². The highest BCUT2D eigenvalue weighted by Gasteiger charge is 2.22. The van der Waals surface area contributed by atoms with E-state index in [2.05, 4.69) is 5.32 Å². The lowest BCUT2D eigenvalue weighted by molar-refractivity contribution is -0.122. The molecule has 0 aromatic heterocycles. The first-order valence-corrected chi connectivity index (χ1v) is 6.82. The standard InChI is InChI=1S/C13H26N2O2/c1-10(14)6-5-9-13(17)15-11-7-3-2-4-8-12(11)16/h10-12,16H,2-9,14H2,1H3,(H,15,17). The number of aliphatic hydroxyl groups excluding tert-OH is 1. The van der Waals surface area contributed by atoms with Crippen LogP contribution in [-0.2, 0) is 4.79 Å². The molecule has 1 rings (SSSR count). The Morgan fingerprint density at radius 1 is 1.41 bits per heavy atom. The van der Waals surface area contributed by atoms with Crippen molar-refractivity contribution in [2.45, 2.75) is 76.5 Å². The van der Waals surface area contributed by atoms with Crippen molar-refractivity contribution in [1.29, 1.82) is 0 Å². The fourth-order valence-corrected chi connectivity index (χ4v) is 2.32. The smallest absolute Gasteiger partial charge is 0.220 e. The predicted octanol–water partition coefficient (Wildman–Crippen LogP) is 1.31. The van der Waals surface area contributed by atoms with Gasteiger partial charge in [0.1, 0.15) is 0 Å². The minimum Gasteiger partial charge on any atom is -0.391 e. The first-order chi connectivity index (χ1) is 8.09. The van der Waals surface area contributed by atoms with Gasteiger partial charge in [0.05, 0.1) is 12.1 Å². The molecule has 0 saturated heterocycles. The Balaban J connectivity index is 2.23. The lowest BCUT2D eigenvalue weighted by atomic mass is 10.1. The summed E-state index contributed by atoms with van der Waals surface area (Å²) >= 11 is 0. The van der Waals surface area contributed by atoms with Crippen LogP contribution in [0.1, 0.15) is 58.3 Å². The molecule has 0 heterocycles. The van der Waals surface area contributed by atoms with Gasteiger partial charge >= 0.3 is 0 Å². The van der Waals surface area contributed by atoms with Crippen LogP contribution in [0.2, 0.25) is 0 Å². The van der Waals surface area contributed by atoms with E-state index in [0.29, 0.717) is 6.42 Å². The third-order valence-electron chi connectivity index (χ3n) is 3.39. The highest BCUT2D eigenvalue weighted by atomic mass is 16.3. The number of carbonyl (C=O) groups is 1. The molecule has 1 aliphatic rings. The lowest BCUT2D eigenvalue weighted by Crippen LogP contribution is -2.42. The highest BCUT2D eigenvalue weighted by Crippen LogP contribution is 2.18. The molecule has 0 spiro atoms. The second-order valence-electron chi connectivity index (χ2n) is 5.25. The number of carbonyl (C=O) groups excluding carboxylic acids is 1. The molecule has 0 aliphatic heterocycles. The van der Waals surface area contributed by atoms with Gasteiger partial charge in [0.15, 0.2) is 0 Å². The van der Waals surface area contributed by atoms with Crippen molar-refractivity contribution in [1.82, 2.24) is 5.32 Å². The first kappa shape index (κ1) is 14.5. The summed E-state index contributed by atoms with van der Waals surface area (Å²) in [6, 6.07) is 0.117. The van der Waals surface area contributed by atoms with Crippen molar-refractivity contribution in [2.75, 3.05) is 0 Å². The fourth-order valence-electron chi connectivity index (χ4n) is 2.32. The molecule has 17 heavy (non-hydrogen) atoms. The summed E-state index contributed by atoms with van der Waals surface area (Å²) in [4.78, 5) is 11.7. The monoisotopic (exact) mass is 242 g/mol. The van der Waals surface area contributed by atoms with Gasteiger partial charge in [-0.15, -0.1) is 0 Å². The Hall–Kier alpha value is -0.610. The lowest BCUT2D eigenvalue weighted by Gasteiger charge is -2.21. The van der Waals surface area contributed by atoms with Crippen molar-refractivity contribution < 1.29 is 9.90 Å². The van der Waals surface area contributed by atoms with Crippen molar-refractivity contribution in [3.8, 4) is 0 Å². The van der Waals surface area contributed by atoms with Crippen LogP contribution in [0.3, 0.4) is 0 Å². The summed E-state index contributed by atoms with van der Waals surface area (Å²) in [7, 11) is 0. The molecule has 100 valence electrons. The molecule has 0 aromatic rings. The van der Waals surface area contributed by atoms with Crippen LogP contribution in [0.15, 0.2) is 0 Å². The average Bonchev–Trinajstić information content (AvgIpc) is 2.44. The number of hydrogen-bond acceptors (Lipinski definition) is 3. The normalized spacial score (nSPS) is 27.2. The Morgan fingerprint density at radius 2 is 2.12 bits per heavy atom. The minimum absolute atomic E-state index is 0.0414. The van der Waals surface area contributed by atoms with Gasteiger partial charge < -0.3 is 16.2 Å². The molecule has 3 atom stereocenters. The van der Waals surface area contributed by atoms with E-state index in [1.165, 1.54) is 0 Å². The largest absolute Gasteiger partial charge is 0.391 e. The summed E-state index contributed by atoms with van der Waals surface area (Å²) < 4.78 is 0. The van der Waals surface area contributed by atoms with Gasteiger partial charge in [0.2, 0.25) is 5.91 Å². The second kappa shape index (κ2) is 7.67. The summed E-state index contributed by atoms with van der Waals surface area (Å²) in [5, 5.41) is 12.8. The average molecular weight is 242 g/mol. The van der Waals surface area contributed by atoms with Crippen LogP contribution in [-0.4, -0.2) is 29.2 Å².